The molecule has 166 valence electrons. The Morgan fingerprint density at radius 2 is 1.90 bits per heavy atom. The molecule has 4 rings (SSSR count). The molecule has 31 heavy (non-hydrogen) atoms. The second kappa shape index (κ2) is 10.2. The zero-order valence-electron chi connectivity index (χ0n) is 17.7. The predicted octanol–water partition coefficient (Wildman–Crippen LogP) is 3.56. The van der Waals surface area contributed by atoms with E-state index in [2.05, 4.69) is 10.6 Å². The van der Waals surface area contributed by atoms with Gasteiger partial charge in [-0.1, -0.05) is 0 Å². The number of fused-ring (bicyclic) bond motifs is 1. The van der Waals surface area contributed by atoms with E-state index in [9.17, 15) is 9.59 Å². The number of hydrogen-bond donors (Lipinski definition) is 2. The molecule has 1 aromatic heterocycles. The molecule has 0 saturated carbocycles. The van der Waals surface area contributed by atoms with E-state index in [0.717, 1.165) is 56.4 Å². The van der Waals surface area contributed by atoms with Crippen LogP contribution in [0.5, 0.6) is 11.5 Å². The van der Waals surface area contributed by atoms with Gasteiger partial charge in [0.15, 0.2) is 6.61 Å². The first-order valence-electron chi connectivity index (χ1n) is 10.7. The van der Waals surface area contributed by atoms with Crippen LogP contribution < -0.4 is 20.1 Å². The maximum Gasteiger partial charge on any atom is 0.262 e. The highest BCUT2D eigenvalue weighted by molar-refractivity contribution is 7.17. The summed E-state index contributed by atoms with van der Waals surface area (Å²) in [5, 5.41) is 6.53. The molecule has 7 nitrogen and oxygen atoms in total. The van der Waals surface area contributed by atoms with E-state index in [-0.39, 0.29) is 24.5 Å². The Bertz CT molecular complexity index is 919. The monoisotopic (exact) mass is 444 g/mol. The molecule has 2 aliphatic rings. The van der Waals surface area contributed by atoms with Crippen LogP contribution in [0.25, 0.3) is 0 Å². The summed E-state index contributed by atoms with van der Waals surface area (Å²) in [6, 6.07) is 7.05. The third-order valence-electron chi connectivity index (χ3n) is 5.59. The van der Waals surface area contributed by atoms with Crippen molar-refractivity contribution in [2.24, 2.45) is 0 Å². The number of hydrogen-bond acceptors (Lipinski definition) is 6. The summed E-state index contributed by atoms with van der Waals surface area (Å²) in [5.41, 5.74) is 1.68. The second-order valence-electron chi connectivity index (χ2n) is 7.77. The van der Waals surface area contributed by atoms with Crippen molar-refractivity contribution in [1.82, 2.24) is 5.32 Å². The molecule has 0 unspecified atom stereocenters. The summed E-state index contributed by atoms with van der Waals surface area (Å²) in [7, 11) is 1.60. The highest BCUT2D eigenvalue weighted by Crippen LogP contribution is 2.38. The Morgan fingerprint density at radius 1 is 1.13 bits per heavy atom. The molecular formula is C23H28N2O5S. The molecule has 2 aromatic rings. The SMILES string of the molecule is COc1ccc(OCC(=O)Nc2sc3c(c2C(=O)NC[C@@H]2CCCO2)CCCC3)cc1. The highest BCUT2D eigenvalue weighted by atomic mass is 32.1. The summed E-state index contributed by atoms with van der Waals surface area (Å²) in [4.78, 5) is 26.8. The molecule has 1 atom stereocenters. The number of ether oxygens (including phenoxy) is 3. The summed E-state index contributed by atoms with van der Waals surface area (Å²) in [6.45, 7) is 1.12. The van der Waals surface area contributed by atoms with Gasteiger partial charge in [0.25, 0.3) is 11.8 Å². The van der Waals surface area contributed by atoms with E-state index >= 15 is 0 Å². The first-order valence-corrected chi connectivity index (χ1v) is 11.6. The van der Waals surface area contributed by atoms with Crippen molar-refractivity contribution in [2.75, 3.05) is 32.2 Å². The van der Waals surface area contributed by atoms with Crippen LogP contribution in [0.3, 0.4) is 0 Å². The van der Waals surface area contributed by atoms with Crippen molar-refractivity contribution in [1.29, 1.82) is 0 Å². The number of thiophene rings is 1. The first kappa shape index (κ1) is 21.6. The van der Waals surface area contributed by atoms with Gasteiger partial charge in [-0.2, -0.15) is 0 Å². The van der Waals surface area contributed by atoms with Crippen LogP contribution in [0.2, 0.25) is 0 Å². The van der Waals surface area contributed by atoms with Crippen molar-refractivity contribution in [3.63, 3.8) is 0 Å². The molecule has 1 fully saturated rings. The molecule has 2 heterocycles. The van der Waals surface area contributed by atoms with E-state index in [1.807, 2.05) is 0 Å². The van der Waals surface area contributed by atoms with Crippen LogP contribution in [-0.4, -0.2) is 44.8 Å². The van der Waals surface area contributed by atoms with Crippen molar-refractivity contribution >= 4 is 28.2 Å². The molecular weight excluding hydrogens is 416 g/mol. The molecule has 0 spiro atoms. The average molecular weight is 445 g/mol. The summed E-state index contributed by atoms with van der Waals surface area (Å²) < 4.78 is 16.3. The van der Waals surface area contributed by atoms with Crippen LogP contribution >= 0.6 is 11.3 Å². The molecule has 2 amide bonds. The Labute approximate surface area is 186 Å². The molecule has 2 N–H and O–H groups in total. The quantitative estimate of drug-likeness (QED) is 0.650. The fourth-order valence-electron chi connectivity index (χ4n) is 3.98. The van der Waals surface area contributed by atoms with Gasteiger partial charge in [-0.05, 0) is 68.4 Å². The Balaban J connectivity index is 1.41. The molecule has 1 aliphatic carbocycles. The number of rotatable bonds is 8. The van der Waals surface area contributed by atoms with Crippen LogP contribution in [-0.2, 0) is 22.4 Å². The van der Waals surface area contributed by atoms with Gasteiger partial charge in [0.05, 0.1) is 18.8 Å². The fraction of sp³-hybridized carbons (Fsp3) is 0.478. The lowest BCUT2D eigenvalue weighted by molar-refractivity contribution is -0.118. The second-order valence-corrected chi connectivity index (χ2v) is 8.88. The van der Waals surface area contributed by atoms with Gasteiger partial charge in [0.2, 0.25) is 0 Å². The van der Waals surface area contributed by atoms with E-state index in [1.165, 1.54) is 16.2 Å². The zero-order chi connectivity index (χ0) is 21.6. The number of aryl methyl sites for hydroxylation is 1. The Hall–Kier alpha value is -2.58. The van der Waals surface area contributed by atoms with E-state index < -0.39 is 0 Å². The molecule has 0 radical (unpaired) electrons. The number of benzene rings is 1. The smallest absolute Gasteiger partial charge is 0.262 e. The normalized spacial score (nSPS) is 17.6. The molecule has 0 bridgehead atoms. The average Bonchev–Trinajstić information content (AvgIpc) is 3.44. The van der Waals surface area contributed by atoms with Gasteiger partial charge in [0.1, 0.15) is 16.5 Å². The predicted molar refractivity (Wildman–Crippen MR) is 119 cm³/mol. The van der Waals surface area contributed by atoms with Gasteiger partial charge < -0.3 is 24.8 Å². The lowest BCUT2D eigenvalue weighted by Crippen LogP contribution is -2.33. The Kier molecular flexibility index (Phi) is 7.09. The summed E-state index contributed by atoms with van der Waals surface area (Å²) >= 11 is 1.51. The van der Waals surface area contributed by atoms with E-state index in [0.29, 0.717) is 22.9 Å². The summed E-state index contributed by atoms with van der Waals surface area (Å²) in [6.07, 6.45) is 6.06. The molecule has 8 heteroatoms. The largest absolute Gasteiger partial charge is 0.497 e. The highest BCUT2D eigenvalue weighted by Gasteiger charge is 2.27. The topological polar surface area (TPSA) is 85.9 Å². The standard InChI is InChI=1S/C23H28N2O5S/c1-28-15-8-10-16(11-9-15)30-14-20(26)25-23-21(18-6-2-3-7-19(18)31-23)22(27)24-13-17-5-4-12-29-17/h8-11,17H,2-7,12-14H2,1H3,(H,24,27)(H,25,26)/t17-/m0/s1. The van der Waals surface area contributed by atoms with Crippen molar-refractivity contribution in [3.8, 4) is 11.5 Å². The van der Waals surface area contributed by atoms with Crippen molar-refractivity contribution in [2.45, 2.75) is 44.6 Å². The Morgan fingerprint density at radius 3 is 2.65 bits per heavy atom. The molecule has 1 saturated heterocycles. The maximum absolute atomic E-state index is 13.0. The van der Waals surface area contributed by atoms with Gasteiger partial charge in [-0.15, -0.1) is 11.3 Å². The van der Waals surface area contributed by atoms with Crippen LogP contribution in [0.15, 0.2) is 24.3 Å². The fourth-order valence-corrected chi connectivity index (χ4v) is 5.28. The first-order chi connectivity index (χ1) is 15.1. The van der Waals surface area contributed by atoms with Gasteiger partial charge in [0, 0.05) is 18.0 Å². The maximum atomic E-state index is 13.0. The molecule has 1 aromatic carbocycles. The van der Waals surface area contributed by atoms with Crippen molar-refractivity contribution in [3.05, 3.63) is 40.3 Å². The van der Waals surface area contributed by atoms with Crippen LogP contribution in [0.1, 0.15) is 46.5 Å². The van der Waals surface area contributed by atoms with E-state index in [4.69, 9.17) is 14.2 Å². The number of anilines is 1. The third-order valence-corrected chi connectivity index (χ3v) is 6.80. The lowest BCUT2D eigenvalue weighted by Gasteiger charge is -2.15. The number of carbonyl (C=O) groups is 2. The van der Waals surface area contributed by atoms with Gasteiger partial charge >= 0.3 is 0 Å². The number of nitrogens with one attached hydrogen (secondary N) is 2. The third kappa shape index (κ3) is 5.37. The number of methoxy groups -OCH3 is 1. The number of carbonyl (C=O) groups excluding carboxylic acids is 2. The van der Waals surface area contributed by atoms with E-state index in [1.54, 1.807) is 31.4 Å². The molecule has 1 aliphatic heterocycles. The minimum atomic E-state index is -0.289. The van der Waals surface area contributed by atoms with Gasteiger partial charge in [-0.25, -0.2) is 0 Å². The van der Waals surface area contributed by atoms with Gasteiger partial charge in [-0.3, -0.25) is 9.59 Å². The van der Waals surface area contributed by atoms with Crippen LogP contribution in [0.4, 0.5) is 5.00 Å². The van der Waals surface area contributed by atoms with Crippen molar-refractivity contribution < 1.29 is 23.8 Å². The summed E-state index contributed by atoms with van der Waals surface area (Å²) in [5.74, 6) is 0.874. The lowest BCUT2D eigenvalue weighted by atomic mass is 9.95. The zero-order valence-corrected chi connectivity index (χ0v) is 18.5. The number of amides is 2. The minimum Gasteiger partial charge on any atom is -0.497 e. The van der Waals surface area contributed by atoms with Crippen LogP contribution in [0, 0.1) is 0 Å². The minimum absolute atomic E-state index is 0.0781.